The second-order valence-electron chi connectivity index (χ2n) is 4.94. The van der Waals surface area contributed by atoms with Crippen molar-refractivity contribution in [3.8, 4) is 5.75 Å². The number of hydrogen-bond donors (Lipinski definition) is 1. The van der Waals surface area contributed by atoms with E-state index in [9.17, 15) is 5.11 Å². The molecule has 1 aromatic carbocycles. The molecule has 0 fully saturated rings. The molecule has 0 aromatic heterocycles. The Hall–Kier alpha value is -1.24. The molecule has 0 saturated heterocycles. The van der Waals surface area contributed by atoms with Crippen molar-refractivity contribution in [1.82, 2.24) is 0 Å². The van der Waals surface area contributed by atoms with Crippen molar-refractivity contribution in [2.45, 2.75) is 27.2 Å². The quantitative estimate of drug-likeness (QED) is 0.661. The van der Waals surface area contributed by atoms with E-state index in [1.165, 1.54) is 11.1 Å². The molecule has 74 valence electrons. The minimum Gasteiger partial charge on any atom is -0.508 e. The zero-order chi connectivity index (χ0) is 10.3. The molecule has 14 heavy (non-hydrogen) atoms. The number of aromatic hydroxyl groups is 1. The maximum Gasteiger partial charge on any atom is 0.119 e. The molecule has 0 heterocycles. The molecule has 0 bridgehead atoms. The number of hydrogen-bond acceptors (Lipinski definition) is 1. The average molecular weight is 188 g/mol. The summed E-state index contributed by atoms with van der Waals surface area (Å²) in [7, 11) is 0. The molecule has 2 rings (SSSR count). The summed E-state index contributed by atoms with van der Waals surface area (Å²) in [5.74, 6) is 0.429. The van der Waals surface area contributed by atoms with Gasteiger partial charge in [-0.3, -0.25) is 0 Å². The number of benzene rings is 1. The first-order valence-corrected chi connectivity index (χ1v) is 5.00. The van der Waals surface area contributed by atoms with Gasteiger partial charge in [0.05, 0.1) is 0 Å². The summed E-state index contributed by atoms with van der Waals surface area (Å²) < 4.78 is 0. The minimum absolute atomic E-state index is 0.200. The summed E-state index contributed by atoms with van der Waals surface area (Å²) in [6.07, 6.45) is 3.10. The Morgan fingerprint density at radius 2 is 1.93 bits per heavy atom. The van der Waals surface area contributed by atoms with E-state index in [1.54, 1.807) is 6.07 Å². The SMILES string of the molecule is CC(C)(C)C1=Cc2cccc(O)c2C1. The van der Waals surface area contributed by atoms with Crippen molar-refractivity contribution in [3.05, 3.63) is 34.9 Å². The fraction of sp³-hybridized carbons (Fsp3) is 0.385. The predicted molar refractivity (Wildman–Crippen MR) is 59.2 cm³/mol. The number of phenolic OH excluding ortho intramolecular Hbond substituents is 1. The molecule has 0 radical (unpaired) electrons. The molecule has 0 unspecified atom stereocenters. The van der Waals surface area contributed by atoms with E-state index in [4.69, 9.17) is 0 Å². The van der Waals surface area contributed by atoms with E-state index in [-0.39, 0.29) is 5.41 Å². The fourth-order valence-corrected chi connectivity index (χ4v) is 1.83. The first-order chi connectivity index (χ1) is 6.48. The van der Waals surface area contributed by atoms with Crippen molar-refractivity contribution in [2.24, 2.45) is 5.41 Å². The molecule has 1 nitrogen and oxygen atoms in total. The monoisotopic (exact) mass is 188 g/mol. The molecular formula is C13H16O. The smallest absolute Gasteiger partial charge is 0.119 e. The van der Waals surface area contributed by atoms with Crippen LogP contribution in [0.1, 0.15) is 31.9 Å². The van der Waals surface area contributed by atoms with E-state index in [0.29, 0.717) is 5.75 Å². The lowest BCUT2D eigenvalue weighted by atomic mass is 9.85. The van der Waals surface area contributed by atoms with Crippen LogP contribution >= 0.6 is 0 Å². The molecule has 0 amide bonds. The largest absolute Gasteiger partial charge is 0.508 e. The number of rotatable bonds is 0. The molecule has 0 spiro atoms. The van der Waals surface area contributed by atoms with Crippen LogP contribution in [0.15, 0.2) is 23.8 Å². The maximum absolute atomic E-state index is 9.68. The van der Waals surface area contributed by atoms with E-state index >= 15 is 0 Å². The highest BCUT2D eigenvalue weighted by atomic mass is 16.3. The Balaban J connectivity index is 2.42. The molecule has 1 N–H and O–H groups in total. The highest BCUT2D eigenvalue weighted by molar-refractivity contribution is 5.67. The average Bonchev–Trinajstić information content (AvgIpc) is 2.48. The predicted octanol–water partition coefficient (Wildman–Crippen LogP) is 3.38. The molecular weight excluding hydrogens is 172 g/mol. The van der Waals surface area contributed by atoms with Crippen molar-refractivity contribution in [2.75, 3.05) is 0 Å². The van der Waals surface area contributed by atoms with Crippen LogP contribution < -0.4 is 0 Å². The van der Waals surface area contributed by atoms with Crippen LogP contribution in [0.25, 0.3) is 6.08 Å². The molecule has 1 heteroatoms. The van der Waals surface area contributed by atoms with Gasteiger partial charge in [-0.1, -0.05) is 44.6 Å². The van der Waals surface area contributed by atoms with Crippen LogP contribution in [-0.2, 0) is 6.42 Å². The Bertz CT molecular complexity index is 394. The van der Waals surface area contributed by atoms with E-state index in [0.717, 1.165) is 12.0 Å². The second-order valence-corrected chi connectivity index (χ2v) is 4.94. The molecule has 0 atom stereocenters. The van der Waals surface area contributed by atoms with Crippen LogP contribution in [0, 0.1) is 5.41 Å². The van der Waals surface area contributed by atoms with Crippen LogP contribution in [0.4, 0.5) is 0 Å². The van der Waals surface area contributed by atoms with Crippen LogP contribution in [0.5, 0.6) is 5.75 Å². The molecule has 0 aliphatic heterocycles. The summed E-state index contributed by atoms with van der Waals surface area (Å²) in [6.45, 7) is 6.63. The van der Waals surface area contributed by atoms with Crippen molar-refractivity contribution in [3.63, 3.8) is 0 Å². The molecule has 0 saturated carbocycles. The van der Waals surface area contributed by atoms with Gasteiger partial charge in [-0.15, -0.1) is 0 Å². The van der Waals surface area contributed by atoms with Crippen LogP contribution in [0.3, 0.4) is 0 Å². The van der Waals surface area contributed by atoms with Crippen LogP contribution in [-0.4, -0.2) is 5.11 Å². The van der Waals surface area contributed by atoms with E-state index in [1.807, 2.05) is 6.07 Å². The summed E-state index contributed by atoms with van der Waals surface area (Å²) in [5, 5.41) is 9.68. The number of phenols is 1. The maximum atomic E-state index is 9.68. The highest BCUT2D eigenvalue weighted by Crippen LogP contribution is 2.39. The summed E-state index contributed by atoms with van der Waals surface area (Å²) >= 11 is 0. The zero-order valence-corrected chi connectivity index (χ0v) is 8.96. The Morgan fingerprint density at radius 1 is 1.21 bits per heavy atom. The summed E-state index contributed by atoms with van der Waals surface area (Å²) in [6, 6.07) is 5.72. The summed E-state index contributed by atoms with van der Waals surface area (Å²) in [4.78, 5) is 0. The van der Waals surface area contributed by atoms with Crippen LogP contribution in [0.2, 0.25) is 0 Å². The lowest BCUT2D eigenvalue weighted by Crippen LogP contribution is -2.08. The summed E-state index contributed by atoms with van der Waals surface area (Å²) in [5.41, 5.74) is 3.85. The minimum atomic E-state index is 0.200. The zero-order valence-electron chi connectivity index (χ0n) is 8.96. The Kier molecular flexibility index (Phi) is 1.91. The van der Waals surface area contributed by atoms with Gasteiger partial charge in [0.15, 0.2) is 0 Å². The second kappa shape index (κ2) is 2.88. The first kappa shape index (κ1) is 9.32. The lowest BCUT2D eigenvalue weighted by molar-refractivity contribution is 0.463. The van der Waals surface area contributed by atoms with Gasteiger partial charge < -0.3 is 5.11 Å². The number of fused-ring (bicyclic) bond motifs is 1. The number of allylic oxidation sites excluding steroid dienone is 1. The van der Waals surface area contributed by atoms with Gasteiger partial charge >= 0.3 is 0 Å². The third-order valence-electron chi connectivity index (χ3n) is 2.85. The Labute approximate surface area is 85.1 Å². The van der Waals surface area contributed by atoms with Gasteiger partial charge in [-0.25, -0.2) is 0 Å². The first-order valence-electron chi connectivity index (χ1n) is 5.00. The van der Waals surface area contributed by atoms with Crippen molar-refractivity contribution in [1.29, 1.82) is 0 Å². The topological polar surface area (TPSA) is 20.2 Å². The van der Waals surface area contributed by atoms with Gasteiger partial charge in [-0.05, 0) is 23.5 Å². The lowest BCUT2D eigenvalue weighted by Gasteiger charge is -2.20. The molecule has 1 aliphatic rings. The van der Waals surface area contributed by atoms with Gasteiger partial charge in [0.25, 0.3) is 0 Å². The molecule has 1 aliphatic carbocycles. The van der Waals surface area contributed by atoms with Gasteiger partial charge in [0.1, 0.15) is 5.75 Å². The van der Waals surface area contributed by atoms with E-state index < -0.39 is 0 Å². The standard InChI is InChI=1S/C13H16O/c1-13(2,3)10-7-9-5-4-6-12(14)11(9)8-10/h4-7,14H,8H2,1-3H3. The third kappa shape index (κ3) is 1.43. The molecule has 1 aromatic rings. The van der Waals surface area contributed by atoms with Crippen molar-refractivity contribution < 1.29 is 5.11 Å². The van der Waals surface area contributed by atoms with Crippen molar-refractivity contribution >= 4 is 6.08 Å². The Morgan fingerprint density at radius 3 is 2.50 bits per heavy atom. The highest BCUT2D eigenvalue weighted by Gasteiger charge is 2.24. The van der Waals surface area contributed by atoms with E-state index in [2.05, 4.69) is 32.9 Å². The van der Waals surface area contributed by atoms with Gasteiger partial charge in [0.2, 0.25) is 0 Å². The third-order valence-corrected chi connectivity index (χ3v) is 2.85. The van der Waals surface area contributed by atoms with Gasteiger partial charge in [0, 0.05) is 5.56 Å². The normalized spacial score (nSPS) is 15.2. The van der Waals surface area contributed by atoms with Gasteiger partial charge in [-0.2, -0.15) is 0 Å². The fourth-order valence-electron chi connectivity index (χ4n) is 1.83.